The first-order valence-electron chi connectivity index (χ1n) is 7.56. The van der Waals surface area contributed by atoms with Crippen molar-refractivity contribution in [1.82, 2.24) is 0 Å². The molecule has 0 heterocycles. The minimum atomic E-state index is -0.541. The highest BCUT2D eigenvalue weighted by molar-refractivity contribution is 4.98. The van der Waals surface area contributed by atoms with E-state index in [1.54, 1.807) is 0 Å². The van der Waals surface area contributed by atoms with Crippen molar-refractivity contribution >= 4 is 0 Å². The maximum absolute atomic E-state index is 9.13. The summed E-state index contributed by atoms with van der Waals surface area (Å²) in [6.45, 7) is 2.12. The molecule has 0 saturated carbocycles. The van der Waals surface area contributed by atoms with Gasteiger partial charge in [0.05, 0.1) is 12.7 Å². The molecule has 0 saturated heterocycles. The molecule has 2 heteroatoms. The molecule has 0 fully saturated rings. The number of rotatable bonds is 11. The highest BCUT2D eigenvalue weighted by Gasteiger charge is 1.99. The predicted octanol–water partition coefficient (Wildman–Crippen LogP) is 3.65. The summed E-state index contributed by atoms with van der Waals surface area (Å²) >= 11 is 0. The van der Waals surface area contributed by atoms with Crippen LogP contribution in [0.3, 0.4) is 0 Å². The van der Waals surface area contributed by atoms with Gasteiger partial charge in [0.1, 0.15) is 0 Å². The Kier molecular flexibility index (Phi) is 14.1. The third kappa shape index (κ3) is 13.5. The van der Waals surface area contributed by atoms with Crippen LogP contribution in [0.4, 0.5) is 0 Å². The fourth-order valence-corrected chi connectivity index (χ4v) is 1.86. The van der Waals surface area contributed by atoms with Gasteiger partial charge in [-0.15, -0.1) is 11.8 Å². The van der Waals surface area contributed by atoms with E-state index < -0.39 is 6.10 Å². The molecule has 0 radical (unpaired) electrons. The average Bonchev–Trinajstić information content (AvgIpc) is 2.39. The number of aliphatic hydroxyl groups excluding tert-OH is 2. The fraction of sp³-hybridized carbons (Fsp3) is 0.875. The van der Waals surface area contributed by atoms with Gasteiger partial charge in [0.25, 0.3) is 0 Å². The summed E-state index contributed by atoms with van der Waals surface area (Å²) in [5, 5.41) is 17.8. The molecule has 0 aromatic rings. The highest BCUT2D eigenvalue weighted by atomic mass is 16.3. The summed E-state index contributed by atoms with van der Waals surface area (Å²) in [7, 11) is 0. The average molecular weight is 254 g/mol. The van der Waals surface area contributed by atoms with Crippen LogP contribution in [0.2, 0.25) is 0 Å². The predicted molar refractivity (Wildman–Crippen MR) is 77.3 cm³/mol. The SMILES string of the molecule is CCCCCCCCC#CCCCC[C@H](O)CO. The van der Waals surface area contributed by atoms with Gasteiger partial charge < -0.3 is 10.2 Å². The van der Waals surface area contributed by atoms with E-state index in [9.17, 15) is 0 Å². The normalized spacial score (nSPS) is 11.9. The van der Waals surface area contributed by atoms with Crippen molar-refractivity contribution in [2.45, 2.75) is 83.7 Å². The van der Waals surface area contributed by atoms with Gasteiger partial charge in [0.15, 0.2) is 0 Å². The second-order valence-electron chi connectivity index (χ2n) is 4.95. The lowest BCUT2D eigenvalue weighted by Crippen LogP contribution is -2.10. The monoisotopic (exact) mass is 254 g/mol. The summed E-state index contributed by atoms with van der Waals surface area (Å²) in [5.41, 5.74) is 0. The second-order valence-corrected chi connectivity index (χ2v) is 4.95. The lowest BCUT2D eigenvalue weighted by molar-refractivity contribution is 0.0862. The zero-order chi connectivity index (χ0) is 13.5. The zero-order valence-corrected chi connectivity index (χ0v) is 12.0. The van der Waals surface area contributed by atoms with Crippen molar-refractivity contribution in [1.29, 1.82) is 0 Å². The van der Waals surface area contributed by atoms with Crippen LogP contribution >= 0.6 is 0 Å². The van der Waals surface area contributed by atoms with Gasteiger partial charge in [-0.3, -0.25) is 0 Å². The maximum atomic E-state index is 9.13. The summed E-state index contributed by atoms with van der Waals surface area (Å²) in [6.07, 6.45) is 12.0. The van der Waals surface area contributed by atoms with Gasteiger partial charge in [-0.25, -0.2) is 0 Å². The Labute approximate surface area is 113 Å². The summed E-state index contributed by atoms with van der Waals surface area (Å²) in [6, 6.07) is 0. The standard InChI is InChI=1S/C16H30O2/c1-2-3-4-5-6-7-8-9-10-11-12-13-14-16(18)15-17/h16-18H,2-8,11-15H2,1H3/t16-/m0/s1. The van der Waals surface area contributed by atoms with Crippen molar-refractivity contribution in [3.8, 4) is 11.8 Å². The molecule has 0 aromatic carbocycles. The van der Waals surface area contributed by atoms with Gasteiger partial charge in [-0.05, 0) is 25.7 Å². The van der Waals surface area contributed by atoms with Crippen molar-refractivity contribution < 1.29 is 10.2 Å². The second kappa shape index (κ2) is 14.5. The molecule has 106 valence electrons. The van der Waals surface area contributed by atoms with Crippen LogP contribution in [0.15, 0.2) is 0 Å². The van der Waals surface area contributed by atoms with Crippen LogP contribution in [0.5, 0.6) is 0 Å². The van der Waals surface area contributed by atoms with Crippen LogP contribution in [0.1, 0.15) is 77.6 Å². The van der Waals surface area contributed by atoms with E-state index in [0.29, 0.717) is 6.42 Å². The highest BCUT2D eigenvalue weighted by Crippen LogP contribution is 2.06. The van der Waals surface area contributed by atoms with E-state index in [1.807, 2.05) is 0 Å². The number of hydrogen-bond acceptors (Lipinski definition) is 2. The quantitative estimate of drug-likeness (QED) is 0.436. The molecule has 18 heavy (non-hydrogen) atoms. The zero-order valence-electron chi connectivity index (χ0n) is 12.0. The molecule has 0 bridgehead atoms. The Morgan fingerprint density at radius 2 is 1.39 bits per heavy atom. The first-order valence-corrected chi connectivity index (χ1v) is 7.56. The number of aliphatic hydroxyl groups is 2. The van der Waals surface area contributed by atoms with Gasteiger partial charge in [-0.2, -0.15) is 0 Å². The molecular weight excluding hydrogens is 224 g/mol. The van der Waals surface area contributed by atoms with Gasteiger partial charge >= 0.3 is 0 Å². The molecule has 0 aliphatic rings. The molecule has 0 amide bonds. The minimum absolute atomic E-state index is 0.121. The van der Waals surface area contributed by atoms with E-state index in [4.69, 9.17) is 10.2 Å². The summed E-state index contributed by atoms with van der Waals surface area (Å²) in [4.78, 5) is 0. The lowest BCUT2D eigenvalue weighted by atomic mass is 10.1. The maximum Gasteiger partial charge on any atom is 0.0770 e. The van der Waals surface area contributed by atoms with Gasteiger partial charge in [-0.1, -0.05) is 39.0 Å². The van der Waals surface area contributed by atoms with Crippen molar-refractivity contribution in [2.75, 3.05) is 6.61 Å². The minimum Gasteiger partial charge on any atom is -0.394 e. The van der Waals surface area contributed by atoms with E-state index >= 15 is 0 Å². The van der Waals surface area contributed by atoms with E-state index in [2.05, 4.69) is 18.8 Å². The molecule has 0 unspecified atom stereocenters. The van der Waals surface area contributed by atoms with Crippen LogP contribution in [-0.4, -0.2) is 22.9 Å². The Morgan fingerprint density at radius 3 is 2.00 bits per heavy atom. The summed E-state index contributed by atoms with van der Waals surface area (Å²) < 4.78 is 0. The molecule has 2 N–H and O–H groups in total. The number of unbranched alkanes of at least 4 members (excludes halogenated alkanes) is 8. The van der Waals surface area contributed by atoms with Crippen LogP contribution in [-0.2, 0) is 0 Å². The molecule has 0 aromatic heterocycles. The molecule has 0 aliphatic carbocycles. The number of hydrogen-bond donors (Lipinski definition) is 2. The fourth-order valence-electron chi connectivity index (χ4n) is 1.86. The van der Waals surface area contributed by atoms with Crippen LogP contribution < -0.4 is 0 Å². The molecule has 2 nitrogen and oxygen atoms in total. The van der Waals surface area contributed by atoms with Crippen molar-refractivity contribution in [3.63, 3.8) is 0 Å². The lowest BCUT2D eigenvalue weighted by Gasteiger charge is -2.04. The summed E-state index contributed by atoms with van der Waals surface area (Å²) in [5.74, 6) is 6.40. The molecule has 0 rings (SSSR count). The van der Waals surface area contributed by atoms with E-state index in [0.717, 1.165) is 25.7 Å². The van der Waals surface area contributed by atoms with Crippen LogP contribution in [0, 0.1) is 11.8 Å². The first-order chi connectivity index (χ1) is 8.81. The Bertz CT molecular complexity index is 215. The van der Waals surface area contributed by atoms with E-state index in [1.165, 1.54) is 38.5 Å². The van der Waals surface area contributed by atoms with Gasteiger partial charge in [0, 0.05) is 12.8 Å². The Hall–Kier alpha value is -0.520. The third-order valence-electron chi connectivity index (χ3n) is 3.08. The molecule has 0 aliphatic heterocycles. The topological polar surface area (TPSA) is 40.5 Å². The van der Waals surface area contributed by atoms with Gasteiger partial charge in [0.2, 0.25) is 0 Å². The van der Waals surface area contributed by atoms with Crippen molar-refractivity contribution in [3.05, 3.63) is 0 Å². The molecular formula is C16H30O2. The molecule has 0 spiro atoms. The van der Waals surface area contributed by atoms with Crippen molar-refractivity contribution in [2.24, 2.45) is 0 Å². The van der Waals surface area contributed by atoms with Crippen LogP contribution in [0.25, 0.3) is 0 Å². The molecule has 1 atom stereocenters. The Morgan fingerprint density at radius 1 is 0.833 bits per heavy atom. The van der Waals surface area contributed by atoms with E-state index in [-0.39, 0.29) is 6.61 Å². The largest absolute Gasteiger partial charge is 0.394 e. The first kappa shape index (κ1) is 17.5. The smallest absolute Gasteiger partial charge is 0.0770 e. The third-order valence-corrected chi connectivity index (χ3v) is 3.08. The Balaban J connectivity index is 3.14.